The average molecular weight is 535 g/mol. The smallest absolute Gasteiger partial charge is 0.264 e. The molecule has 1 fully saturated rings. The molecule has 10 heteroatoms. The molecule has 2 aliphatic heterocycles. The third-order valence-corrected chi connectivity index (χ3v) is 9.63. The number of nitrogens with one attached hydrogen (secondary N) is 1. The molecule has 1 N–H and O–H groups in total. The number of morpholine rings is 1. The summed E-state index contributed by atoms with van der Waals surface area (Å²) in [6.07, 6.45) is 6.59. The van der Waals surface area contributed by atoms with Crippen molar-refractivity contribution in [1.82, 2.24) is 19.2 Å². The van der Waals surface area contributed by atoms with Crippen molar-refractivity contribution in [2.75, 3.05) is 39.4 Å². The summed E-state index contributed by atoms with van der Waals surface area (Å²) in [5.74, 6) is 0.0695. The number of aromatic nitrogens is 2. The maximum atomic E-state index is 13.2. The van der Waals surface area contributed by atoms with Gasteiger partial charge in [-0.1, -0.05) is 24.3 Å². The van der Waals surface area contributed by atoms with Gasteiger partial charge < -0.3 is 14.6 Å². The van der Waals surface area contributed by atoms with Crippen molar-refractivity contribution in [3.63, 3.8) is 0 Å². The van der Waals surface area contributed by atoms with Gasteiger partial charge in [-0.25, -0.2) is 13.4 Å². The van der Waals surface area contributed by atoms with E-state index in [1.807, 2.05) is 34.7 Å². The van der Waals surface area contributed by atoms with Crippen molar-refractivity contribution in [3.8, 4) is 11.1 Å². The molecule has 5 heterocycles. The van der Waals surface area contributed by atoms with Crippen LogP contribution in [0.3, 0.4) is 0 Å². The largest absolute Gasteiger partial charge is 0.379 e. The third-order valence-electron chi connectivity index (χ3n) is 6.88. The zero-order valence-electron chi connectivity index (χ0n) is 20.1. The van der Waals surface area contributed by atoms with E-state index in [0.717, 1.165) is 39.0 Å². The standard InChI is InChI=1S/C27H26N4O4S2/c32-27(25-5-2-14-36-25)30-8-6-19(7-9-30)24-18-29-26-23(24)16-21(17-28-26)20-3-1-4-22(15-20)37(33,34)31-10-12-35-13-11-31/h1-6,14-18H,7-13H2,(H,28,29). The Balaban J connectivity index is 1.28. The second-order valence-electron chi connectivity index (χ2n) is 9.07. The first-order valence-electron chi connectivity index (χ1n) is 12.2. The van der Waals surface area contributed by atoms with Crippen LogP contribution in [0.5, 0.6) is 0 Å². The van der Waals surface area contributed by atoms with Crippen molar-refractivity contribution in [2.45, 2.75) is 11.3 Å². The summed E-state index contributed by atoms with van der Waals surface area (Å²) >= 11 is 1.46. The summed E-state index contributed by atoms with van der Waals surface area (Å²) in [6, 6.07) is 12.8. The van der Waals surface area contributed by atoms with E-state index in [-0.39, 0.29) is 10.8 Å². The van der Waals surface area contributed by atoms with Gasteiger partial charge in [0.1, 0.15) is 5.65 Å². The van der Waals surface area contributed by atoms with Gasteiger partial charge in [-0.15, -0.1) is 11.3 Å². The van der Waals surface area contributed by atoms with E-state index >= 15 is 0 Å². The zero-order chi connectivity index (χ0) is 25.4. The van der Waals surface area contributed by atoms with E-state index in [1.54, 1.807) is 24.4 Å². The minimum atomic E-state index is -3.59. The SMILES string of the molecule is O=C(c1cccs1)N1CC=C(c2c[nH]c3ncc(-c4cccc(S(=O)(=O)N5CCOCC5)c4)cc23)CC1. The monoisotopic (exact) mass is 534 g/mol. The highest BCUT2D eigenvalue weighted by Crippen LogP contribution is 2.32. The predicted octanol–water partition coefficient (Wildman–Crippen LogP) is 4.24. The number of thiophene rings is 1. The fraction of sp³-hybridized carbons (Fsp3) is 0.259. The lowest BCUT2D eigenvalue weighted by atomic mass is 9.98. The molecule has 1 amide bonds. The molecule has 190 valence electrons. The number of sulfonamides is 1. The van der Waals surface area contributed by atoms with E-state index in [0.29, 0.717) is 39.4 Å². The number of aromatic amines is 1. The highest BCUT2D eigenvalue weighted by molar-refractivity contribution is 7.89. The number of carbonyl (C=O) groups excluding carboxylic acids is 1. The topological polar surface area (TPSA) is 95.6 Å². The molecule has 8 nitrogen and oxygen atoms in total. The Bertz CT molecular complexity index is 1590. The molecule has 0 bridgehead atoms. The van der Waals surface area contributed by atoms with Crippen LogP contribution in [0.25, 0.3) is 27.7 Å². The van der Waals surface area contributed by atoms with E-state index < -0.39 is 10.0 Å². The number of amides is 1. The molecular weight excluding hydrogens is 508 g/mol. The van der Waals surface area contributed by atoms with Crippen molar-refractivity contribution < 1.29 is 17.9 Å². The van der Waals surface area contributed by atoms with E-state index in [1.165, 1.54) is 21.2 Å². The van der Waals surface area contributed by atoms with Crippen molar-refractivity contribution in [2.24, 2.45) is 0 Å². The number of ether oxygens (including phenoxy) is 1. The number of pyridine rings is 1. The van der Waals surface area contributed by atoms with E-state index in [4.69, 9.17) is 4.74 Å². The molecule has 0 unspecified atom stereocenters. The highest BCUT2D eigenvalue weighted by Gasteiger charge is 2.27. The summed E-state index contributed by atoms with van der Waals surface area (Å²) < 4.78 is 33.1. The zero-order valence-corrected chi connectivity index (χ0v) is 21.7. The average Bonchev–Trinajstić information content (AvgIpc) is 3.64. The van der Waals surface area contributed by atoms with Crippen LogP contribution in [0.15, 0.2) is 71.2 Å². The Morgan fingerprint density at radius 1 is 1.05 bits per heavy atom. The van der Waals surface area contributed by atoms with Crippen molar-refractivity contribution in [1.29, 1.82) is 0 Å². The molecular formula is C27H26N4O4S2. The van der Waals surface area contributed by atoms with Crippen LogP contribution in [-0.2, 0) is 14.8 Å². The number of H-pyrrole nitrogens is 1. The molecule has 4 aromatic rings. The Morgan fingerprint density at radius 2 is 1.92 bits per heavy atom. The van der Waals surface area contributed by atoms with Gasteiger partial charge in [-0.2, -0.15) is 4.31 Å². The Morgan fingerprint density at radius 3 is 2.68 bits per heavy atom. The highest BCUT2D eigenvalue weighted by atomic mass is 32.2. The van der Waals surface area contributed by atoms with Gasteiger partial charge in [0.2, 0.25) is 10.0 Å². The molecule has 37 heavy (non-hydrogen) atoms. The quantitative estimate of drug-likeness (QED) is 0.413. The van der Waals surface area contributed by atoms with E-state index in [2.05, 4.69) is 22.1 Å². The van der Waals surface area contributed by atoms with Crippen molar-refractivity contribution >= 4 is 43.9 Å². The second-order valence-corrected chi connectivity index (χ2v) is 12.0. The number of hydrogen-bond acceptors (Lipinski definition) is 6. The summed E-state index contributed by atoms with van der Waals surface area (Å²) in [5.41, 5.74) is 4.64. The lowest BCUT2D eigenvalue weighted by Gasteiger charge is -2.26. The molecule has 0 saturated carbocycles. The maximum absolute atomic E-state index is 13.2. The minimum absolute atomic E-state index is 0.0695. The first-order chi connectivity index (χ1) is 18.0. The number of hydrogen-bond donors (Lipinski definition) is 1. The number of rotatable bonds is 5. The lowest BCUT2D eigenvalue weighted by Crippen LogP contribution is -2.40. The summed E-state index contributed by atoms with van der Waals surface area (Å²) in [7, 11) is -3.59. The summed E-state index contributed by atoms with van der Waals surface area (Å²) in [5, 5.41) is 2.89. The number of carbonyl (C=O) groups is 1. The molecule has 0 radical (unpaired) electrons. The van der Waals surface area contributed by atoms with Crippen LogP contribution in [0, 0.1) is 0 Å². The van der Waals surface area contributed by atoms with Gasteiger partial charge >= 0.3 is 0 Å². The first-order valence-corrected chi connectivity index (χ1v) is 14.5. The first kappa shape index (κ1) is 24.1. The van der Waals surface area contributed by atoms with Gasteiger partial charge in [0.25, 0.3) is 5.91 Å². The molecule has 0 aliphatic carbocycles. The van der Waals surface area contributed by atoms with Crippen molar-refractivity contribution in [3.05, 3.63) is 76.8 Å². The number of benzene rings is 1. The Hall–Kier alpha value is -3.31. The predicted molar refractivity (Wildman–Crippen MR) is 144 cm³/mol. The van der Waals surface area contributed by atoms with Crippen LogP contribution in [0.2, 0.25) is 0 Å². The molecule has 6 rings (SSSR count). The fourth-order valence-electron chi connectivity index (χ4n) is 4.85. The van der Waals surface area contributed by atoms with Crippen LogP contribution >= 0.6 is 11.3 Å². The van der Waals surface area contributed by atoms with Gasteiger partial charge in [0, 0.05) is 55.1 Å². The Kier molecular flexibility index (Phi) is 6.41. The molecule has 0 atom stereocenters. The van der Waals surface area contributed by atoms with Gasteiger partial charge in [-0.05, 0) is 47.2 Å². The second kappa shape index (κ2) is 9.86. The number of nitrogens with zero attached hydrogens (tertiary/aromatic N) is 3. The maximum Gasteiger partial charge on any atom is 0.264 e. The Labute approximate surface area is 219 Å². The molecule has 2 aliphatic rings. The molecule has 0 spiro atoms. The lowest BCUT2D eigenvalue weighted by molar-refractivity contribution is 0.0730. The molecule has 3 aromatic heterocycles. The van der Waals surface area contributed by atoms with Crippen LogP contribution in [0.4, 0.5) is 0 Å². The normalized spacial score (nSPS) is 17.2. The third kappa shape index (κ3) is 4.61. The van der Waals surface area contributed by atoms with Gasteiger partial charge in [-0.3, -0.25) is 4.79 Å². The van der Waals surface area contributed by atoms with Gasteiger partial charge in [0.05, 0.1) is 23.0 Å². The fourth-order valence-corrected chi connectivity index (χ4v) is 7.00. The van der Waals surface area contributed by atoms with E-state index in [9.17, 15) is 13.2 Å². The van der Waals surface area contributed by atoms with Gasteiger partial charge in [0.15, 0.2) is 0 Å². The number of fused-ring (bicyclic) bond motifs is 1. The minimum Gasteiger partial charge on any atom is -0.379 e. The molecule has 1 saturated heterocycles. The summed E-state index contributed by atoms with van der Waals surface area (Å²) in [6.45, 7) is 2.75. The van der Waals surface area contributed by atoms with Crippen LogP contribution in [-0.4, -0.2) is 72.9 Å². The molecule has 1 aromatic carbocycles. The van der Waals surface area contributed by atoms with Crippen LogP contribution in [0.1, 0.15) is 21.7 Å². The van der Waals surface area contributed by atoms with Crippen LogP contribution < -0.4 is 0 Å². The summed E-state index contributed by atoms with van der Waals surface area (Å²) in [4.78, 5) is 23.5.